The van der Waals surface area contributed by atoms with Crippen molar-refractivity contribution in [3.63, 3.8) is 0 Å². The summed E-state index contributed by atoms with van der Waals surface area (Å²) in [6.45, 7) is 3.91. The summed E-state index contributed by atoms with van der Waals surface area (Å²) in [6.07, 6.45) is 10.3. The first-order valence-electron chi connectivity index (χ1n) is 7.49. The maximum atomic E-state index is 10.8. The van der Waals surface area contributed by atoms with Crippen molar-refractivity contribution in [3.8, 4) is 0 Å². The molecule has 0 aromatic carbocycles. The van der Waals surface area contributed by atoms with Gasteiger partial charge in [0, 0.05) is 6.04 Å². The average Bonchev–Trinajstić information content (AvgIpc) is 2.36. The van der Waals surface area contributed by atoms with Crippen molar-refractivity contribution in [2.45, 2.75) is 71.3 Å². The molecule has 0 bridgehead atoms. The van der Waals surface area contributed by atoms with Gasteiger partial charge in [-0.05, 0) is 18.3 Å². The van der Waals surface area contributed by atoms with Gasteiger partial charge in [0.15, 0.2) is 0 Å². The van der Waals surface area contributed by atoms with Gasteiger partial charge in [-0.2, -0.15) is 0 Å². The summed E-state index contributed by atoms with van der Waals surface area (Å²) in [5, 5.41) is 8.92. The Morgan fingerprint density at radius 2 is 1.89 bits per heavy atom. The summed E-state index contributed by atoms with van der Waals surface area (Å²) in [6, 6.07) is -0.205. The first kappa shape index (κ1) is 15.5. The fourth-order valence-electron chi connectivity index (χ4n) is 2.97. The molecule has 3 nitrogen and oxygen atoms in total. The third kappa shape index (κ3) is 5.38. The molecule has 3 heteroatoms. The van der Waals surface area contributed by atoms with Crippen molar-refractivity contribution >= 4 is 5.97 Å². The molecule has 106 valence electrons. The Morgan fingerprint density at radius 1 is 1.28 bits per heavy atom. The van der Waals surface area contributed by atoms with E-state index < -0.39 is 11.9 Å². The lowest BCUT2D eigenvalue weighted by Crippen LogP contribution is -2.35. The van der Waals surface area contributed by atoms with Crippen LogP contribution in [-0.2, 0) is 4.79 Å². The summed E-state index contributed by atoms with van der Waals surface area (Å²) in [5.41, 5.74) is 5.95. The smallest absolute Gasteiger partial charge is 0.307 e. The van der Waals surface area contributed by atoms with Crippen molar-refractivity contribution < 1.29 is 9.90 Å². The minimum atomic E-state index is -0.776. The number of nitrogens with two attached hydrogens (primary N) is 1. The van der Waals surface area contributed by atoms with Crippen molar-refractivity contribution in [3.05, 3.63) is 0 Å². The summed E-state index contributed by atoms with van der Waals surface area (Å²) >= 11 is 0. The zero-order valence-electron chi connectivity index (χ0n) is 11.9. The van der Waals surface area contributed by atoms with Gasteiger partial charge >= 0.3 is 5.97 Å². The molecule has 0 aliphatic heterocycles. The number of carbonyl (C=O) groups is 1. The minimum Gasteiger partial charge on any atom is -0.481 e. The van der Waals surface area contributed by atoms with E-state index in [0.29, 0.717) is 5.92 Å². The topological polar surface area (TPSA) is 63.3 Å². The lowest BCUT2D eigenvalue weighted by Gasteiger charge is -2.24. The highest BCUT2D eigenvalue weighted by atomic mass is 16.4. The molecule has 18 heavy (non-hydrogen) atoms. The number of hydrogen-bond donors (Lipinski definition) is 2. The van der Waals surface area contributed by atoms with Crippen LogP contribution in [0.3, 0.4) is 0 Å². The average molecular weight is 255 g/mol. The van der Waals surface area contributed by atoms with Gasteiger partial charge in [0.2, 0.25) is 0 Å². The zero-order valence-corrected chi connectivity index (χ0v) is 11.9. The molecule has 3 N–H and O–H groups in total. The second kappa shape index (κ2) is 7.78. The zero-order chi connectivity index (χ0) is 13.5. The van der Waals surface area contributed by atoms with Crippen LogP contribution in [0.15, 0.2) is 0 Å². The quantitative estimate of drug-likeness (QED) is 0.732. The Labute approximate surface area is 111 Å². The predicted molar refractivity (Wildman–Crippen MR) is 74.4 cm³/mol. The van der Waals surface area contributed by atoms with Crippen LogP contribution in [0.5, 0.6) is 0 Å². The molecule has 0 amide bonds. The first-order chi connectivity index (χ1) is 8.50. The Kier molecular flexibility index (Phi) is 6.69. The van der Waals surface area contributed by atoms with Crippen molar-refractivity contribution in [2.75, 3.05) is 0 Å². The maximum Gasteiger partial charge on any atom is 0.307 e. The fourth-order valence-corrected chi connectivity index (χ4v) is 2.97. The van der Waals surface area contributed by atoms with Crippen molar-refractivity contribution in [2.24, 2.45) is 23.5 Å². The molecular weight excluding hydrogens is 226 g/mol. The number of carboxylic acids is 1. The number of carboxylic acid groups (broad SMARTS) is 1. The molecule has 1 aliphatic rings. The van der Waals surface area contributed by atoms with Crippen molar-refractivity contribution in [1.82, 2.24) is 0 Å². The minimum absolute atomic E-state index is 0.205. The number of rotatable bonds is 7. The fraction of sp³-hybridized carbons (Fsp3) is 0.933. The Bertz CT molecular complexity index is 249. The van der Waals surface area contributed by atoms with E-state index in [1.54, 1.807) is 6.92 Å². The van der Waals surface area contributed by atoms with Gasteiger partial charge in [-0.3, -0.25) is 4.79 Å². The third-order valence-corrected chi connectivity index (χ3v) is 4.50. The predicted octanol–water partition coefficient (Wildman–Crippen LogP) is 3.42. The largest absolute Gasteiger partial charge is 0.481 e. The second-order valence-electron chi connectivity index (χ2n) is 6.21. The molecule has 0 spiro atoms. The Morgan fingerprint density at radius 3 is 2.44 bits per heavy atom. The molecule has 1 saturated carbocycles. The second-order valence-corrected chi connectivity index (χ2v) is 6.21. The molecule has 0 aromatic heterocycles. The number of aliphatic carboxylic acids is 1. The summed E-state index contributed by atoms with van der Waals surface area (Å²) < 4.78 is 0. The van der Waals surface area contributed by atoms with Gasteiger partial charge in [0.25, 0.3) is 0 Å². The monoisotopic (exact) mass is 255 g/mol. The highest BCUT2D eigenvalue weighted by Gasteiger charge is 2.22. The molecule has 0 aromatic rings. The SMILES string of the molecule is CC(C(=O)O)[C@@H](N)C[C@H](C)CCC1CCCCC1. The van der Waals surface area contributed by atoms with Crippen LogP contribution in [0, 0.1) is 17.8 Å². The maximum absolute atomic E-state index is 10.8. The van der Waals surface area contributed by atoms with E-state index in [2.05, 4.69) is 6.92 Å². The molecule has 0 saturated heterocycles. The van der Waals surface area contributed by atoms with Gasteiger partial charge in [-0.15, -0.1) is 0 Å². The van der Waals surface area contributed by atoms with Crippen LogP contribution in [0.2, 0.25) is 0 Å². The van der Waals surface area contributed by atoms with E-state index in [1.165, 1.54) is 44.9 Å². The molecule has 1 unspecified atom stereocenters. The van der Waals surface area contributed by atoms with Crippen molar-refractivity contribution in [1.29, 1.82) is 0 Å². The highest BCUT2D eigenvalue weighted by molar-refractivity contribution is 5.70. The Hall–Kier alpha value is -0.570. The molecule has 1 rings (SSSR count). The lowest BCUT2D eigenvalue weighted by atomic mass is 9.82. The van der Waals surface area contributed by atoms with Crippen LogP contribution in [0.1, 0.15) is 65.2 Å². The van der Waals surface area contributed by atoms with Gasteiger partial charge in [0.05, 0.1) is 5.92 Å². The standard InChI is InChI=1S/C15H29NO2/c1-11(10-14(16)12(2)15(17)18)8-9-13-6-4-3-5-7-13/h11-14H,3-10,16H2,1-2H3,(H,17,18)/t11-,12?,14+/m1/s1. The summed E-state index contributed by atoms with van der Waals surface area (Å²) in [4.78, 5) is 10.8. The highest BCUT2D eigenvalue weighted by Crippen LogP contribution is 2.29. The van der Waals surface area contributed by atoms with E-state index in [4.69, 9.17) is 10.8 Å². The van der Waals surface area contributed by atoms with E-state index in [1.807, 2.05) is 0 Å². The van der Waals surface area contributed by atoms with Gasteiger partial charge < -0.3 is 10.8 Å². The van der Waals surface area contributed by atoms with E-state index in [-0.39, 0.29) is 6.04 Å². The number of hydrogen-bond acceptors (Lipinski definition) is 2. The van der Waals surface area contributed by atoms with E-state index >= 15 is 0 Å². The van der Waals surface area contributed by atoms with Crippen LogP contribution in [0.4, 0.5) is 0 Å². The normalized spacial score (nSPS) is 22.4. The molecule has 1 fully saturated rings. The van der Waals surface area contributed by atoms with E-state index in [0.717, 1.165) is 12.3 Å². The van der Waals surface area contributed by atoms with Crippen LogP contribution < -0.4 is 5.73 Å². The summed E-state index contributed by atoms with van der Waals surface area (Å²) in [7, 11) is 0. The summed E-state index contributed by atoms with van der Waals surface area (Å²) in [5.74, 6) is 0.252. The van der Waals surface area contributed by atoms with Gasteiger partial charge in [0.1, 0.15) is 0 Å². The Balaban J connectivity index is 2.19. The molecule has 3 atom stereocenters. The van der Waals surface area contributed by atoms with Gasteiger partial charge in [-0.25, -0.2) is 0 Å². The molecule has 0 radical (unpaired) electrons. The van der Waals surface area contributed by atoms with Crippen LogP contribution >= 0.6 is 0 Å². The molecule has 0 heterocycles. The molecule has 1 aliphatic carbocycles. The lowest BCUT2D eigenvalue weighted by molar-refractivity contribution is -0.141. The van der Waals surface area contributed by atoms with E-state index in [9.17, 15) is 4.79 Å². The molecular formula is C15H29NO2. The third-order valence-electron chi connectivity index (χ3n) is 4.50. The van der Waals surface area contributed by atoms with Gasteiger partial charge in [-0.1, -0.05) is 58.8 Å². The van der Waals surface area contributed by atoms with Crippen LogP contribution in [-0.4, -0.2) is 17.1 Å². The van der Waals surface area contributed by atoms with Crippen LogP contribution in [0.25, 0.3) is 0 Å². The first-order valence-corrected chi connectivity index (χ1v) is 7.49.